The molecule has 1 aliphatic carbocycles. The molecule has 32 heavy (non-hydrogen) atoms. The number of aliphatic imine (C=N–C) groups is 1. The molecule has 0 N–H and O–H groups in total. The largest absolute Gasteiger partial charge is 0.257 e. The Morgan fingerprint density at radius 3 is 1.72 bits per heavy atom. The van der Waals surface area contributed by atoms with Crippen LogP contribution in [0.4, 0.5) is 5.69 Å². The normalized spacial score (nSPS) is 18.1. The van der Waals surface area contributed by atoms with E-state index in [9.17, 15) is 0 Å². The molecule has 166 valence electrons. The van der Waals surface area contributed by atoms with Gasteiger partial charge in [0.15, 0.2) is 0 Å². The standard InChI is InChI=1S/C30H36NP/c1-22(2)26-18-13-19-27(23(3)4)30(26)31-28-20-11-12-21-29(28)32(24-14-7-5-8-15-24)25-16-9-6-10-17-25/h5-10,13-19,22-23,29H,11-12,20-21H2,1-4H3. The molecule has 1 fully saturated rings. The second kappa shape index (κ2) is 10.6. The van der Waals surface area contributed by atoms with Gasteiger partial charge in [-0.3, -0.25) is 4.99 Å². The summed E-state index contributed by atoms with van der Waals surface area (Å²) in [6.45, 7) is 9.18. The van der Waals surface area contributed by atoms with Gasteiger partial charge in [-0.1, -0.05) is 113 Å². The second-order valence-electron chi connectivity index (χ2n) is 9.50. The molecule has 0 radical (unpaired) electrons. The van der Waals surface area contributed by atoms with Crippen molar-refractivity contribution in [2.75, 3.05) is 0 Å². The molecule has 3 aromatic carbocycles. The van der Waals surface area contributed by atoms with Crippen LogP contribution in [0.3, 0.4) is 0 Å². The van der Waals surface area contributed by atoms with Gasteiger partial charge in [0.1, 0.15) is 0 Å². The lowest BCUT2D eigenvalue weighted by Gasteiger charge is -2.33. The fourth-order valence-electron chi connectivity index (χ4n) is 4.86. The van der Waals surface area contributed by atoms with Gasteiger partial charge in [0, 0.05) is 11.4 Å². The predicted molar refractivity (Wildman–Crippen MR) is 143 cm³/mol. The molecular weight excluding hydrogens is 405 g/mol. The minimum Gasteiger partial charge on any atom is -0.257 e. The van der Waals surface area contributed by atoms with Gasteiger partial charge in [-0.2, -0.15) is 0 Å². The third kappa shape index (κ3) is 5.05. The molecule has 1 unspecified atom stereocenters. The Hall–Kier alpha value is -2.24. The first-order valence-corrected chi connectivity index (χ1v) is 13.6. The lowest BCUT2D eigenvalue weighted by Crippen LogP contribution is -2.31. The van der Waals surface area contributed by atoms with E-state index in [2.05, 4.69) is 107 Å². The van der Waals surface area contributed by atoms with Crippen LogP contribution in [0.25, 0.3) is 0 Å². The van der Waals surface area contributed by atoms with Gasteiger partial charge in [-0.15, -0.1) is 0 Å². The summed E-state index contributed by atoms with van der Waals surface area (Å²) in [5.74, 6) is 0.944. The third-order valence-electron chi connectivity index (χ3n) is 6.52. The summed E-state index contributed by atoms with van der Waals surface area (Å²) >= 11 is 0. The van der Waals surface area contributed by atoms with Gasteiger partial charge in [0.2, 0.25) is 0 Å². The molecule has 0 saturated heterocycles. The molecule has 0 spiro atoms. The number of hydrogen-bond acceptors (Lipinski definition) is 1. The number of benzene rings is 3. The van der Waals surface area contributed by atoms with Crippen molar-refractivity contribution in [1.29, 1.82) is 0 Å². The topological polar surface area (TPSA) is 12.4 Å². The van der Waals surface area contributed by atoms with Crippen molar-refractivity contribution in [3.8, 4) is 0 Å². The van der Waals surface area contributed by atoms with Gasteiger partial charge in [0.25, 0.3) is 0 Å². The van der Waals surface area contributed by atoms with Gasteiger partial charge >= 0.3 is 0 Å². The van der Waals surface area contributed by atoms with Crippen LogP contribution in [0.15, 0.2) is 83.9 Å². The molecule has 1 atom stereocenters. The van der Waals surface area contributed by atoms with Crippen molar-refractivity contribution < 1.29 is 0 Å². The maximum absolute atomic E-state index is 5.55. The summed E-state index contributed by atoms with van der Waals surface area (Å²) in [7, 11) is -0.485. The first kappa shape index (κ1) is 22.9. The van der Waals surface area contributed by atoms with Crippen molar-refractivity contribution in [1.82, 2.24) is 0 Å². The Labute approximate surface area is 195 Å². The van der Waals surface area contributed by atoms with Crippen molar-refractivity contribution in [2.24, 2.45) is 4.99 Å². The molecule has 1 nitrogen and oxygen atoms in total. The van der Waals surface area contributed by atoms with Crippen molar-refractivity contribution >= 4 is 29.9 Å². The quantitative estimate of drug-likeness (QED) is 0.343. The van der Waals surface area contributed by atoms with E-state index >= 15 is 0 Å². The molecule has 1 aliphatic rings. The van der Waals surface area contributed by atoms with E-state index in [1.54, 1.807) is 0 Å². The summed E-state index contributed by atoms with van der Waals surface area (Å²) in [6.07, 6.45) is 4.90. The number of nitrogens with zero attached hydrogens (tertiary/aromatic N) is 1. The summed E-state index contributed by atoms with van der Waals surface area (Å²) in [6, 6.07) is 29.1. The van der Waals surface area contributed by atoms with Gasteiger partial charge in [-0.25, -0.2) is 0 Å². The number of rotatable bonds is 6. The average Bonchev–Trinajstić information content (AvgIpc) is 2.81. The predicted octanol–water partition coefficient (Wildman–Crippen LogP) is 8.08. The van der Waals surface area contributed by atoms with Crippen molar-refractivity contribution in [3.63, 3.8) is 0 Å². The van der Waals surface area contributed by atoms with E-state index in [-0.39, 0.29) is 0 Å². The van der Waals surface area contributed by atoms with E-state index < -0.39 is 7.92 Å². The molecule has 1 saturated carbocycles. The van der Waals surface area contributed by atoms with Gasteiger partial charge in [0.05, 0.1) is 5.69 Å². The second-order valence-corrected chi connectivity index (χ2v) is 11.9. The maximum Gasteiger partial charge on any atom is 0.0698 e. The van der Waals surface area contributed by atoms with Crippen LogP contribution >= 0.6 is 7.92 Å². The lowest BCUT2D eigenvalue weighted by atomic mass is 9.92. The Morgan fingerprint density at radius 1 is 0.688 bits per heavy atom. The first-order chi connectivity index (χ1) is 15.6. The van der Waals surface area contributed by atoms with E-state index in [1.165, 1.54) is 52.4 Å². The SMILES string of the molecule is CC(C)c1cccc(C(C)C)c1N=C1CCCCC1P(c1ccccc1)c1ccccc1. The highest BCUT2D eigenvalue weighted by molar-refractivity contribution is 7.74. The number of hydrogen-bond donors (Lipinski definition) is 0. The zero-order chi connectivity index (χ0) is 22.5. The summed E-state index contributed by atoms with van der Waals surface area (Å²) < 4.78 is 0. The fraction of sp³-hybridized carbons (Fsp3) is 0.367. The minimum absolute atomic E-state index is 0.472. The Bertz CT molecular complexity index is 971. The van der Waals surface area contributed by atoms with Gasteiger partial charge in [-0.05, 0) is 60.8 Å². The molecule has 4 rings (SSSR count). The molecule has 3 aromatic rings. The Morgan fingerprint density at radius 2 is 1.22 bits per heavy atom. The van der Waals surface area contributed by atoms with Crippen molar-refractivity contribution in [3.05, 3.63) is 90.0 Å². The van der Waals surface area contributed by atoms with Crippen LogP contribution in [0, 0.1) is 0 Å². The van der Waals surface area contributed by atoms with Crippen molar-refractivity contribution in [2.45, 2.75) is 70.9 Å². The van der Waals surface area contributed by atoms with Crippen LogP contribution < -0.4 is 10.6 Å². The van der Waals surface area contributed by atoms with Crippen LogP contribution in [-0.2, 0) is 0 Å². The van der Waals surface area contributed by atoms with Crippen LogP contribution in [0.2, 0.25) is 0 Å². The summed E-state index contributed by atoms with van der Waals surface area (Å²) in [5, 5.41) is 2.93. The smallest absolute Gasteiger partial charge is 0.0698 e. The highest BCUT2D eigenvalue weighted by Gasteiger charge is 2.31. The highest BCUT2D eigenvalue weighted by atomic mass is 31.1. The lowest BCUT2D eigenvalue weighted by molar-refractivity contribution is 0.672. The molecule has 0 aromatic heterocycles. The highest BCUT2D eigenvalue weighted by Crippen LogP contribution is 2.46. The Balaban J connectivity index is 1.85. The summed E-state index contributed by atoms with van der Waals surface area (Å²) in [5.41, 5.74) is 5.94. The maximum atomic E-state index is 5.55. The zero-order valence-electron chi connectivity index (χ0n) is 20.0. The zero-order valence-corrected chi connectivity index (χ0v) is 20.9. The van der Waals surface area contributed by atoms with Crippen LogP contribution in [-0.4, -0.2) is 11.4 Å². The number of para-hydroxylation sites is 1. The average molecular weight is 442 g/mol. The molecular formula is C30H36NP. The van der Waals surface area contributed by atoms with Gasteiger partial charge < -0.3 is 0 Å². The molecule has 0 heterocycles. The van der Waals surface area contributed by atoms with E-state index in [0.29, 0.717) is 17.5 Å². The molecule has 0 aliphatic heterocycles. The van der Waals surface area contributed by atoms with E-state index in [1.807, 2.05) is 0 Å². The Kier molecular flexibility index (Phi) is 7.59. The molecule has 0 bridgehead atoms. The molecule has 0 amide bonds. The monoisotopic (exact) mass is 441 g/mol. The van der Waals surface area contributed by atoms with E-state index in [4.69, 9.17) is 4.99 Å². The van der Waals surface area contributed by atoms with Crippen LogP contribution in [0.1, 0.15) is 76.3 Å². The fourth-order valence-corrected chi connectivity index (χ4v) is 7.79. The first-order valence-electron chi connectivity index (χ1n) is 12.2. The van der Waals surface area contributed by atoms with E-state index in [0.717, 1.165) is 6.42 Å². The molecule has 2 heteroatoms. The van der Waals surface area contributed by atoms with Crippen LogP contribution in [0.5, 0.6) is 0 Å². The third-order valence-corrected chi connectivity index (χ3v) is 9.41. The minimum atomic E-state index is -0.485. The summed E-state index contributed by atoms with van der Waals surface area (Å²) in [4.78, 5) is 5.55.